The molecule has 0 aromatic carbocycles. The molecule has 26 N–H and O–H groups in total. The lowest BCUT2D eigenvalue weighted by Gasteiger charge is -2.32. The lowest BCUT2D eigenvalue weighted by molar-refractivity contribution is -0.144. The van der Waals surface area contributed by atoms with Crippen molar-refractivity contribution in [3.63, 3.8) is 0 Å². The first kappa shape index (κ1) is 95.8. The number of unbranched alkanes of at least 4 members (excludes halogenated alkanes) is 1. The minimum Gasteiger partial charge on any atom is -0.481 e. The Morgan fingerprint density at radius 2 is 1.04 bits per heavy atom. The van der Waals surface area contributed by atoms with E-state index in [0.717, 1.165) is 0 Å². The number of imidazole rings is 2. The number of aliphatic hydroxyl groups excluding tert-OH is 2. The van der Waals surface area contributed by atoms with Gasteiger partial charge in [-0.2, -0.15) is 12.6 Å². The molecule has 4 rings (SSSR count). The highest BCUT2D eigenvalue weighted by Gasteiger charge is 2.44. The van der Waals surface area contributed by atoms with E-state index in [9.17, 15) is 97.1 Å². The highest BCUT2D eigenvalue weighted by Crippen LogP contribution is 2.24. The number of carboxylic acids is 2. The Morgan fingerprint density at radius 1 is 0.553 bits per heavy atom. The molecule has 2 fully saturated rings. The zero-order valence-electron chi connectivity index (χ0n) is 65.4. The van der Waals surface area contributed by atoms with Crippen LogP contribution in [-0.2, 0) is 89.6 Å². The number of aromatic nitrogens is 4. The zero-order valence-corrected chi connectivity index (χ0v) is 66.3. The number of aliphatic carboxylic acids is 2. The summed E-state index contributed by atoms with van der Waals surface area (Å²) in [7, 11) is 0. The predicted octanol–water partition coefficient (Wildman–Crippen LogP) is -7.51. The minimum absolute atomic E-state index is 0.00356. The van der Waals surface area contributed by atoms with Gasteiger partial charge in [0.2, 0.25) is 82.7 Å². The van der Waals surface area contributed by atoms with Crippen molar-refractivity contribution in [2.75, 3.05) is 45.1 Å². The van der Waals surface area contributed by atoms with Crippen LogP contribution in [-0.4, -0.2) is 287 Å². The van der Waals surface area contributed by atoms with Gasteiger partial charge in [0.05, 0.1) is 44.4 Å². The highest BCUT2D eigenvalue weighted by atomic mass is 32.1. The molecule has 2 aromatic rings. The number of aliphatic imine (C=N–C) groups is 1. The molecule has 2 aromatic heterocycles. The predicted molar refractivity (Wildman–Crippen MR) is 411 cm³/mol. The van der Waals surface area contributed by atoms with Gasteiger partial charge < -0.3 is 127 Å². The number of likely N-dealkylation sites (tertiary alicyclic amines) is 2. The summed E-state index contributed by atoms with van der Waals surface area (Å²) in [6.07, 6.45) is 4.52. The smallest absolute Gasteiger partial charge is 0.327 e. The third-order valence-corrected chi connectivity index (χ3v) is 18.9. The molecule has 0 radical (unpaired) electrons. The van der Waals surface area contributed by atoms with Crippen molar-refractivity contribution >= 4 is 113 Å². The molecule has 0 spiro atoms. The highest BCUT2D eigenvalue weighted by molar-refractivity contribution is 7.80. The second kappa shape index (κ2) is 47.8. The van der Waals surface area contributed by atoms with E-state index in [-0.39, 0.29) is 107 Å². The molecule has 2 aliphatic rings. The number of carboxylic acid groups (broad SMARTS) is 2. The average molecular weight is 1630 g/mol. The van der Waals surface area contributed by atoms with Gasteiger partial charge in [-0.15, -0.1) is 0 Å². The number of nitrogens with one attached hydrogen (secondary N) is 14. The number of hydrogen-bond acceptors (Lipinski definition) is 24. The van der Waals surface area contributed by atoms with Crippen LogP contribution in [0.2, 0.25) is 0 Å². The van der Waals surface area contributed by atoms with Crippen LogP contribution in [0, 0.1) is 17.8 Å². The van der Waals surface area contributed by atoms with E-state index in [1.165, 1.54) is 48.7 Å². The Morgan fingerprint density at radius 3 is 1.55 bits per heavy atom. The van der Waals surface area contributed by atoms with Crippen LogP contribution in [0.1, 0.15) is 144 Å². The monoisotopic (exact) mass is 1630 g/mol. The van der Waals surface area contributed by atoms with Crippen LogP contribution in [0.3, 0.4) is 0 Å². The number of guanidine groups is 1. The third-order valence-electron chi connectivity index (χ3n) is 18.6. The lowest BCUT2D eigenvalue weighted by atomic mass is 10.0. The number of carbonyl (C=O) groups is 16. The van der Waals surface area contributed by atoms with Gasteiger partial charge in [-0.05, 0) is 102 Å². The SMILES string of the molecule is CC(C)C[C@H](NC(=O)[C@H](C)NC(=O)[C@H](CCCN=C(N)N)NC(=O)[C@@H]1CCCN1C(=O)[C@H](CC(C)C)NC(=O)[C@H](Cc1cnc[nH]1)NC(=O)[C@@H]1CCCN1C(=O)[C@H](Cc1cnc[nH]1)NC(=O)[C@@H](NC(=O)[C@@H](NC(=O)[C@@H](N)CCCCN)C(C)C)[C@@H](C)O)C(=O)N[C@@H](CC(=O)O)C(=O)NCC(=O)N[C@@H](CO)C(=O)N[C@@H](CS)C(=O)O. The van der Waals surface area contributed by atoms with Crippen LogP contribution in [0.25, 0.3) is 0 Å². The molecule has 636 valence electrons. The summed E-state index contributed by atoms with van der Waals surface area (Å²) < 4.78 is 0. The Bertz CT molecular complexity index is 3620. The fraction of sp³-hybridized carbons (Fsp3) is 0.671. The van der Waals surface area contributed by atoms with Gasteiger partial charge in [0.15, 0.2) is 5.96 Å². The van der Waals surface area contributed by atoms with Gasteiger partial charge in [-0.1, -0.05) is 48.0 Å². The third kappa shape index (κ3) is 31.4. The molecule has 0 unspecified atom stereocenters. The van der Waals surface area contributed by atoms with Gasteiger partial charge >= 0.3 is 11.9 Å². The zero-order chi connectivity index (χ0) is 85.2. The van der Waals surface area contributed by atoms with Crippen molar-refractivity contribution in [3.05, 3.63) is 36.4 Å². The number of nitrogens with two attached hydrogens (primary N) is 4. The summed E-state index contributed by atoms with van der Waals surface area (Å²) in [6.45, 7) is 11.2. The van der Waals surface area contributed by atoms with E-state index in [1.807, 2.05) is 0 Å². The summed E-state index contributed by atoms with van der Waals surface area (Å²) in [4.78, 5) is 240. The number of aliphatic hydroxyl groups is 2. The summed E-state index contributed by atoms with van der Waals surface area (Å²) in [5, 5.41) is 69.2. The van der Waals surface area contributed by atoms with E-state index < -0.39 is 211 Å². The molecular formula is C70H115N23O20S. The van der Waals surface area contributed by atoms with Crippen molar-refractivity contribution < 1.29 is 97.1 Å². The molecule has 44 heteroatoms. The number of aromatic amines is 2. The van der Waals surface area contributed by atoms with E-state index >= 15 is 0 Å². The van der Waals surface area contributed by atoms with E-state index in [1.54, 1.807) is 41.5 Å². The normalized spacial score (nSPS) is 17.4. The van der Waals surface area contributed by atoms with Crippen molar-refractivity contribution in [3.8, 4) is 0 Å². The molecule has 2 saturated heterocycles. The van der Waals surface area contributed by atoms with Gasteiger partial charge in [-0.3, -0.25) is 76.9 Å². The molecule has 2 aliphatic heterocycles. The first-order chi connectivity index (χ1) is 53.8. The van der Waals surface area contributed by atoms with Gasteiger partial charge in [0.1, 0.15) is 78.5 Å². The number of amides is 14. The maximum atomic E-state index is 15.0. The van der Waals surface area contributed by atoms with E-state index in [2.05, 4.69) is 101 Å². The number of nitrogens with zero attached hydrogens (tertiary/aromatic N) is 5. The molecule has 4 heterocycles. The first-order valence-electron chi connectivity index (χ1n) is 37.8. The number of hydrogen-bond donors (Lipinski definition) is 23. The number of carbonyl (C=O) groups excluding carboxylic acids is 14. The molecule has 15 atom stereocenters. The topological polar surface area (TPSA) is 679 Å². The van der Waals surface area contributed by atoms with E-state index in [0.29, 0.717) is 37.2 Å². The van der Waals surface area contributed by atoms with Crippen molar-refractivity contribution in [2.24, 2.45) is 45.7 Å². The maximum absolute atomic E-state index is 15.0. The fourth-order valence-electron chi connectivity index (χ4n) is 12.5. The molecule has 0 aliphatic carbocycles. The molecule has 114 heavy (non-hydrogen) atoms. The van der Waals surface area contributed by atoms with Crippen LogP contribution < -0.4 is 86.7 Å². The Kier molecular flexibility index (Phi) is 40.2. The second-order valence-electron chi connectivity index (χ2n) is 29.3. The summed E-state index contributed by atoms with van der Waals surface area (Å²) in [5.41, 5.74) is 23.6. The van der Waals surface area contributed by atoms with Crippen molar-refractivity contribution in [1.29, 1.82) is 0 Å². The standard InChI is InChI=1S/C70H115N23O20S/c1-34(2)22-43(60(103)85-45(26-53(97)98)58(101)78-29-52(96)82-48(30-94)62(105)89-49(31-114)69(112)113)84-56(99)37(7)81-59(102)42(15-11-19-77-70(73)74)83-63(106)50-16-12-20-92(50)67(110)46(23-35(3)4)87-61(104)44(24-39-27-75-32-79-39)86-64(107)51-17-13-21-93(51)68(111)47(25-40-28-76-33-80-40)88-66(109)55(38(8)95)91-65(108)54(36(5)6)90-57(100)41(72)14-9-10-18-71/h27-28,32-38,41-51,54-55,94-95,114H,9-26,29-31,71-72H2,1-8H3,(H,75,79)(H,76,80)(H,78,101)(H,81,102)(H,82,96)(H,83,106)(H,84,99)(H,85,103)(H,86,107)(H,87,104)(H,88,109)(H,89,105)(H,90,100)(H,91,108)(H,97,98)(H,112,113)(H4,73,74,77)/t37-,38+,41-,42-,43-,44-,45-,46-,47-,48-,49-,50-,51-,54-,55-/m0/s1. The molecule has 0 saturated carbocycles. The quantitative estimate of drug-likeness (QED) is 0.0127. The van der Waals surface area contributed by atoms with Crippen LogP contribution >= 0.6 is 12.6 Å². The minimum atomic E-state index is -1.88. The van der Waals surface area contributed by atoms with Gasteiger partial charge in [-0.25, -0.2) is 14.8 Å². The molecule has 14 amide bonds. The van der Waals surface area contributed by atoms with Crippen LogP contribution in [0.4, 0.5) is 0 Å². The molecule has 43 nitrogen and oxygen atoms in total. The van der Waals surface area contributed by atoms with Crippen LogP contribution in [0.15, 0.2) is 30.0 Å². The summed E-state index contributed by atoms with van der Waals surface area (Å²) in [6, 6.07) is -20.0. The maximum Gasteiger partial charge on any atom is 0.327 e. The lowest BCUT2D eigenvalue weighted by Crippen LogP contribution is -2.62. The Labute approximate surface area is 664 Å². The summed E-state index contributed by atoms with van der Waals surface area (Å²) >= 11 is 3.84. The average Bonchev–Trinajstić information content (AvgIpc) is 1.60. The van der Waals surface area contributed by atoms with Crippen molar-refractivity contribution in [1.82, 2.24) is 93.5 Å². The Hall–Kier alpha value is -10.6. The van der Waals surface area contributed by atoms with Gasteiger partial charge in [0, 0.05) is 62.0 Å². The van der Waals surface area contributed by atoms with Gasteiger partial charge in [0.25, 0.3) is 0 Å². The van der Waals surface area contributed by atoms with Crippen molar-refractivity contribution in [2.45, 2.75) is 236 Å². The summed E-state index contributed by atoms with van der Waals surface area (Å²) in [5.74, 6) is -17.5. The Balaban J connectivity index is 1.53. The second-order valence-corrected chi connectivity index (χ2v) is 29.7. The largest absolute Gasteiger partial charge is 0.481 e. The fourth-order valence-corrected chi connectivity index (χ4v) is 12.7. The first-order valence-corrected chi connectivity index (χ1v) is 38.5. The number of thiol groups is 1. The molecular weight excluding hydrogens is 1510 g/mol. The van der Waals surface area contributed by atoms with Crippen LogP contribution in [0.5, 0.6) is 0 Å². The van der Waals surface area contributed by atoms with E-state index in [4.69, 9.17) is 22.9 Å². The number of rotatable bonds is 49. The number of H-pyrrole nitrogens is 2. The molecule has 0 bridgehead atoms.